The van der Waals surface area contributed by atoms with Crippen molar-refractivity contribution in [2.24, 2.45) is 0 Å². The van der Waals surface area contributed by atoms with Crippen LogP contribution in [-0.2, 0) is 0 Å². The molecule has 0 N–H and O–H groups in total. The van der Waals surface area contributed by atoms with Gasteiger partial charge in [0, 0.05) is 12.3 Å². The zero-order chi connectivity index (χ0) is 11.4. The van der Waals surface area contributed by atoms with Crippen LogP contribution in [0, 0.1) is 11.3 Å². The van der Waals surface area contributed by atoms with Crippen LogP contribution in [0.4, 0.5) is 0 Å². The summed E-state index contributed by atoms with van der Waals surface area (Å²) in [4.78, 5) is 4.22. The lowest BCUT2D eigenvalue weighted by Crippen LogP contribution is -1.93. The van der Waals surface area contributed by atoms with Crippen molar-refractivity contribution >= 4 is 0 Å². The van der Waals surface area contributed by atoms with Gasteiger partial charge in [0.05, 0.1) is 12.3 Å². The van der Waals surface area contributed by atoms with Crippen molar-refractivity contribution in [3.05, 3.63) is 24.3 Å². The van der Waals surface area contributed by atoms with Crippen LogP contribution in [0.5, 0.6) is 0 Å². The van der Waals surface area contributed by atoms with Crippen LogP contribution >= 0.6 is 0 Å². The first-order chi connectivity index (χ1) is 7.81. The lowest BCUT2D eigenvalue weighted by atomic mass is 10.1. The highest BCUT2D eigenvalue weighted by Gasteiger charge is 2.15. The molecule has 0 aliphatic heterocycles. The molecule has 82 valence electrons. The minimum absolute atomic E-state index is 0.0934. The Balaban J connectivity index is 2.11. The fourth-order valence-electron chi connectivity index (χ4n) is 1.35. The Morgan fingerprint density at radius 3 is 3.12 bits per heavy atom. The molecule has 2 heterocycles. The van der Waals surface area contributed by atoms with Crippen LogP contribution in [0.2, 0.25) is 0 Å². The van der Waals surface area contributed by atoms with Gasteiger partial charge in [0.2, 0.25) is 11.7 Å². The highest BCUT2D eigenvalue weighted by atomic mass is 16.5. The van der Waals surface area contributed by atoms with Gasteiger partial charge in [0.25, 0.3) is 0 Å². The minimum atomic E-state index is 0.0934. The first kappa shape index (κ1) is 10.4. The van der Waals surface area contributed by atoms with E-state index >= 15 is 0 Å². The third kappa shape index (κ3) is 2.11. The largest absolute Gasteiger partial charge is 0.461 e. The molecular weight excluding hydrogens is 206 g/mol. The van der Waals surface area contributed by atoms with Gasteiger partial charge in [0.1, 0.15) is 0 Å². The van der Waals surface area contributed by atoms with Gasteiger partial charge >= 0.3 is 0 Å². The zero-order valence-corrected chi connectivity index (χ0v) is 8.88. The molecule has 0 fully saturated rings. The maximum Gasteiger partial charge on any atom is 0.238 e. The highest BCUT2D eigenvalue weighted by Crippen LogP contribution is 2.22. The monoisotopic (exact) mass is 217 g/mol. The molecule has 16 heavy (non-hydrogen) atoms. The molecule has 5 heteroatoms. The summed E-state index contributed by atoms with van der Waals surface area (Å²) in [5.74, 6) is 1.67. The Bertz CT molecular complexity index is 482. The Morgan fingerprint density at radius 1 is 1.56 bits per heavy atom. The Morgan fingerprint density at radius 2 is 2.44 bits per heavy atom. The van der Waals surface area contributed by atoms with Gasteiger partial charge in [-0.05, 0) is 18.6 Å². The fraction of sp³-hybridized carbons (Fsp3) is 0.364. The molecule has 0 aliphatic rings. The average Bonchev–Trinajstić information content (AvgIpc) is 2.94. The maximum absolute atomic E-state index is 8.49. The maximum atomic E-state index is 8.49. The van der Waals surface area contributed by atoms with Crippen LogP contribution in [-0.4, -0.2) is 10.1 Å². The van der Waals surface area contributed by atoms with Crippen LogP contribution in [0.3, 0.4) is 0 Å². The van der Waals surface area contributed by atoms with Crippen LogP contribution in [0.15, 0.2) is 27.3 Å². The second kappa shape index (κ2) is 4.62. The summed E-state index contributed by atoms with van der Waals surface area (Å²) in [7, 11) is 0. The minimum Gasteiger partial charge on any atom is -0.461 e. The molecule has 1 atom stereocenters. The second-order valence-corrected chi connectivity index (χ2v) is 3.53. The van der Waals surface area contributed by atoms with E-state index in [9.17, 15) is 0 Å². The molecule has 0 saturated carbocycles. The van der Waals surface area contributed by atoms with E-state index in [1.165, 1.54) is 0 Å². The lowest BCUT2D eigenvalue weighted by Gasteiger charge is -2.00. The zero-order valence-electron chi connectivity index (χ0n) is 8.88. The predicted octanol–water partition coefficient (Wildman–Crippen LogP) is 2.74. The summed E-state index contributed by atoms with van der Waals surface area (Å²) >= 11 is 0. The molecule has 0 aliphatic carbocycles. The summed E-state index contributed by atoms with van der Waals surface area (Å²) in [6, 6.07) is 5.64. The number of aromatic nitrogens is 2. The Labute approximate surface area is 92.7 Å². The predicted molar refractivity (Wildman–Crippen MR) is 55.3 cm³/mol. The van der Waals surface area contributed by atoms with E-state index in [4.69, 9.17) is 14.2 Å². The van der Waals surface area contributed by atoms with Crippen molar-refractivity contribution in [1.82, 2.24) is 10.1 Å². The third-order valence-corrected chi connectivity index (χ3v) is 2.29. The number of nitriles is 1. The number of hydrogen-bond donors (Lipinski definition) is 0. The van der Waals surface area contributed by atoms with Gasteiger partial charge in [-0.1, -0.05) is 12.1 Å². The van der Waals surface area contributed by atoms with Crippen molar-refractivity contribution in [2.75, 3.05) is 0 Å². The molecule has 0 radical (unpaired) electrons. The number of nitrogens with zero attached hydrogens (tertiary/aromatic N) is 3. The number of hydrogen-bond acceptors (Lipinski definition) is 5. The van der Waals surface area contributed by atoms with Gasteiger partial charge in [0.15, 0.2) is 5.76 Å². The van der Waals surface area contributed by atoms with Crippen molar-refractivity contribution in [3.8, 4) is 17.7 Å². The van der Waals surface area contributed by atoms with Gasteiger partial charge in [-0.3, -0.25) is 0 Å². The van der Waals surface area contributed by atoms with Crippen molar-refractivity contribution in [1.29, 1.82) is 5.26 Å². The summed E-state index contributed by atoms with van der Waals surface area (Å²) in [6.45, 7) is 1.96. The van der Waals surface area contributed by atoms with E-state index in [0.29, 0.717) is 23.9 Å². The molecule has 2 aromatic rings. The molecule has 2 aromatic heterocycles. The molecule has 5 nitrogen and oxygen atoms in total. The van der Waals surface area contributed by atoms with E-state index in [0.717, 1.165) is 6.42 Å². The van der Waals surface area contributed by atoms with Crippen LogP contribution < -0.4 is 0 Å². The van der Waals surface area contributed by atoms with Crippen molar-refractivity contribution in [2.45, 2.75) is 25.7 Å². The second-order valence-electron chi connectivity index (χ2n) is 3.53. The van der Waals surface area contributed by atoms with Crippen molar-refractivity contribution < 1.29 is 8.94 Å². The Kier molecular flexibility index (Phi) is 3.01. The fourth-order valence-corrected chi connectivity index (χ4v) is 1.35. The molecular formula is C11H11N3O2. The first-order valence-electron chi connectivity index (χ1n) is 5.05. The van der Waals surface area contributed by atoms with Gasteiger partial charge in [-0.15, -0.1) is 0 Å². The molecule has 0 saturated heterocycles. The molecule has 1 unspecified atom stereocenters. The standard InChI is InChI=1S/C11H11N3O2/c1-8(4-2-6-12)11-13-10(14-16-11)9-5-3-7-15-9/h3,5,7-8H,2,4H2,1H3. The number of rotatable bonds is 4. The van der Waals surface area contributed by atoms with Gasteiger partial charge < -0.3 is 8.94 Å². The van der Waals surface area contributed by atoms with E-state index in [1.54, 1.807) is 18.4 Å². The molecule has 0 bridgehead atoms. The van der Waals surface area contributed by atoms with Crippen LogP contribution in [0.25, 0.3) is 11.6 Å². The summed E-state index contributed by atoms with van der Waals surface area (Å²) in [5.41, 5.74) is 0. The third-order valence-electron chi connectivity index (χ3n) is 2.29. The topological polar surface area (TPSA) is 75.8 Å². The van der Waals surface area contributed by atoms with E-state index in [1.807, 2.05) is 6.92 Å². The van der Waals surface area contributed by atoms with Gasteiger partial charge in [-0.2, -0.15) is 10.2 Å². The molecule has 0 spiro atoms. The smallest absolute Gasteiger partial charge is 0.238 e. The van der Waals surface area contributed by atoms with Gasteiger partial charge in [-0.25, -0.2) is 0 Å². The average molecular weight is 217 g/mol. The van der Waals surface area contributed by atoms with E-state index < -0.39 is 0 Å². The quantitative estimate of drug-likeness (QED) is 0.786. The van der Waals surface area contributed by atoms with E-state index in [-0.39, 0.29) is 5.92 Å². The Hall–Kier alpha value is -2.09. The summed E-state index contributed by atoms with van der Waals surface area (Å²) in [6.07, 6.45) is 2.76. The van der Waals surface area contributed by atoms with E-state index in [2.05, 4.69) is 16.2 Å². The summed E-state index contributed by atoms with van der Waals surface area (Å²) < 4.78 is 10.3. The highest BCUT2D eigenvalue weighted by molar-refractivity contribution is 5.44. The normalized spacial score (nSPS) is 12.2. The SMILES string of the molecule is CC(CCC#N)c1nc(-c2ccco2)no1. The first-order valence-corrected chi connectivity index (χ1v) is 5.05. The summed E-state index contributed by atoms with van der Waals surface area (Å²) in [5, 5.41) is 12.3. The lowest BCUT2D eigenvalue weighted by molar-refractivity contribution is 0.354. The molecule has 0 aromatic carbocycles. The number of furan rings is 1. The molecule has 2 rings (SSSR count). The van der Waals surface area contributed by atoms with Crippen molar-refractivity contribution in [3.63, 3.8) is 0 Å². The van der Waals surface area contributed by atoms with Crippen LogP contribution in [0.1, 0.15) is 31.6 Å². The molecule has 0 amide bonds.